The minimum absolute atomic E-state index is 0.259. The fourth-order valence-electron chi connectivity index (χ4n) is 4.58. The fourth-order valence-corrected chi connectivity index (χ4v) is 5.29. The predicted molar refractivity (Wildman–Crippen MR) is 152 cm³/mol. The molecular weight excluding hydrogens is 512 g/mol. The SMILES string of the molecule is CCCCc1ncc(/C=C2/C(=O)N(CCCC)C(=O)N2CCc2ccsc2)n1Cc1ccc(C(=O)OC)cc1. The third-order valence-electron chi connectivity index (χ3n) is 6.88. The van der Waals surface area contributed by atoms with Crippen molar-refractivity contribution in [2.24, 2.45) is 0 Å². The van der Waals surface area contributed by atoms with Crippen LogP contribution < -0.4 is 0 Å². The summed E-state index contributed by atoms with van der Waals surface area (Å²) in [6.45, 7) is 5.55. The number of ether oxygens (including phenoxy) is 1. The molecule has 0 bridgehead atoms. The maximum atomic E-state index is 13.5. The number of nitrogens with zero attached hydrogens (tertiary/aromatic N) is 4. The molecule has 9 heteroatoms. The second-order valence-corrected chi connectivity index (χ2v) is 10.4. The number of aromatic nitrogens is 2. The Morgan fingerprint density at radius 1 is 0.974 bits per heavy atom. The molecule has 0 atom stereocenters. The van der Waals surface area contributed by atoms with E-state index in [4.69, 9.17) is 9.72 Å². The summed E-state index contributed by atoms with van der Waals surface area (Å²) in [4.78, 5) is 46.4. The van der Waals surface area contributed by atoms with Crippen molar-refractivity contribution in [1.82, 2.24) is 19.4 Å². The van der Waals surface area contributed by atoms with Crippen molar-refractivity contribution in [2.75, 3.05) is 20.2 Å². The van der Waals surface area contributed by atoms with Crippen molar-refractivity contribution in [1.29, 1.82) is 0 Å². The Balaban J connectivity index is 1.67. The van der Waals surface area contributed by atoms with E-state index >= 15 is 0 Å². The first-order valence-corrected chi connectivity index (χ1v) is 14.5. The first-order valence-electron chi connectivity index (χ1n) is 13.5. The molecule has 1 aliphatic rings. The number of hydrogen-bond donors (Lipinski definition) is 0. The van der Waals surface area contributed by atoms with Gasteiger partial charge in [-0.15, -0.1) is 0 Å². The number of carbonyl (C=O) groups is 3. The van der Waals surface area contributed by atoms with E-state index in [2.05, 4.69) is 16.9 Å². The lowest BCUT2D eigenvalue weighted by molar-refractivity contribution is -0.123. The van der Waals surface area contributed by atoms with Gasteiger partial charge >= 0.3 is 12.0 Å². The van der Waals surface area contributed by atoms with Gasteiger partial charge in [0.1, 0.15) is 11.5 Å². The van der Waals surface area contributed by atoms with Gasteiger partial charge in [0.2, 0.25) is 0 Å². The lowest BCUT2D eigenvalue weighted by Gasteiger charge is -2.17. The number of rotatable bonds is 13. The van der Waals surface area contributed by atoms with Crippen LogP contribution in [-0.4, -0.2) is 57.5 Å². The number of unbranched alkanes of at least 4 members (excludes halogenated alkanes) is 2. The van der Waals surface area contributed by atoms with Gasteiger partial charge < -0.3 is 9.30 Å². The van der Waals surface area contributed by atoms with Gasteiger partial charge in [0, 0.05) is 26.1 Å². The van der Waals surface area contributed by atoms with Gasteiger partial charge in [-0.25, -0.2) is 14.6 Å². The molecule has 39 heavy (non-hydrogen) atoms. The van der Waals surface area contributed by atoms with E-state index in [9.17, 15) is 14.4 Å². The summed E-state index contributed by atoms with van der Waals surface area (Å²) in [5, 5.41) is 4.09. The number of carbonyl (C=O) groups excluding carboxylic acids is 3. The Labute approximate surface area is 233 Å². The highest BCUT2D eigenvalue weighted by molar-refractivity contribution is 7.07. The maximum Gasteiger partial charge on any atom is 0.337 e. The van der Waals surface area contributed by atoms with Crippen molar-refractivity contribution in [3.05, 3.63) is 81.2 Å². The molecule has 0 aliphatic carbocycles. The predicted octanol–water partition coefficient (Wildman–Crippen LogP) is 5.77. The van der Waals surface area contributed by atoms with Crippen LogP contribution >= 0.6 is 11.3 Å². The molecule has 3 aromatic rings. The molecule has 1 aliphatic heterocycles. The summed E-state index contributed by atoms with van der Waals surface area (Å²) in [7, 11) is 1.36. The summed E-state index contributed by atoms with van der Waals surface area (Å²) in [5.74, 6) is 0.284. The molecule has 8 nitrogen and oxygen atoms in total. The summed E-state index contributed by atoms with van der Waals surface area (Å²) < 4.78 is 6.91. The van der Waals surface area contributed by atoms with Crippen LogP contribution in [0.2, 0.25) is 0 Å². The van der Waals surface area contributed by atoms with Crippen LogP contribution in [0, 0.1) is 0 Å². The third-order valence-corrected chi connectivity index (χ3v) is 7.61. The molecule has 206 valence electrons. The fraction of sp³-hybridized carbons (Fsp3) is 0.400. The van der Waals surface area contributed by atoms with Gasteiger partial charge in [-0.2, -0.15) is 11.3 Å². The van der Waals surface area contributed by atoms with Gasteiger partial charge in [-0.1, -0.05) is 38.8 Å². The van der Waals surface area contributed by atoms with E-state index < -0.39 is 0 Å². The number of esters is 1. The number of urea groups is 1. The largest absolute Gasteiger partial charge is 0.465 e. The molecule has 0 N–H and O–H groups in total. The Hall–Kier alpha value is -3.72. The molecular formula is C30H36N4O4S. The number of amides is 3. The molecule has 1 fully saturated rings. The second kappa shape index (κ2) is 13.4. The highest BCUT2D eigenvalue weighted by atomic mass is 32.1. The van der Waals surface area contributed by atoms with Gasteiger partial charge in [0.05, 0.1) is 24.6 Å². The number of imide groups is 1. The van der Waals surface area contributed by atoms with Crippen LogP contribution in [0.15, 0.2) is 53.0 Å². The zero-order valence-corrected chi connectivity index (χ0v) is 23.7. The molecule has 1 saturated heterocycles. The van der Waals surface area contributed by atoms with Crippen molar-refractivity contribution in [2.45, 2.75) is 58.9 Å². The van der Waals surface area contributed by atoms with E-state index in [0.29, 0.717) is 37.3 Å². The first kappa shape index (κ1) is 28.3. The number of aryl methyl sites for hydroxylation is 1. The van der Waals surface area contributed by atoms with Gasteiger partial charge in [-0.3, -0.25) is 14.6 Å². The monoisotopic (exact) mass is 548 g/mol. The van der Waals surface area contributed by atoms with Gasteiger partial charge in [-0.05, 0) is 65.4 Å². The zero-order chi connectivity index (χ0) is 27.8. The molecule has 0 radical (unpaired) electrons. The molecule has 2 aromatic heterocycles. The average molecular weight is 549 g/mol. The molecule has 3 amide bonds. The lowest BCUT2D eigenvalue weighted by atomic mass is 10.1. The average Bonchev–Trinajstić information content (AvgIpc) is 3.66. The number of thiophene rings is 1. The topological polar surface area (TPSA) is 84.7 Å². The minimum Gasteiger partial charge on any atom is -0.465 e. The quantitative estimate of drug-likeness (QED) is 0.154. The zero-order valence-electron chi connectivity index (χ0n) is 22.9. The van der Waals surface area contributed by atoms with Crippen LogP contribution in [-0.2, 0) is 28.9 Å². The van der Waals surface area contributed by atoms with Crippen molar-refractivity contribution >= 4 is 35.3 Å². The molecule has 3 heterocycles. The van der Waals surface area contributed by atoms with Gasteiger partial charge in [0.25, 0.3) is 5.91 Å². The molecule has 4 rings (SSSR count). The Kier molecular flexibility index (Phi) is 9.70. The number of hydrogen-bond acceptors (Lipinski definition) is 6. The van der Waals surface area contributed by atoms with E-state index in [0.717, 1.165) is 54.7 Å². The van der Waals surface area contributed by atoms with E-state index in [1.54, 1.807) is 34.6 Å². The van der Waals surface area contributed by atoms with Crippen LogP contribution in [0.3, 0.4) is 0 Å². The summed E-state index contributed by atoms with van der Waals surface area (Å²) in [5.41, 5.74) is 3.78. The normalized spacial score (nSPS) is 14.6. The summed E-state index contributed by atoms with van der Waals surface area (Å²) in [6.07, 6.45) is 8.76. The molecule has 0 saturated carbocycles. The van der Waals surface area contributed by atoms with Crippen molar-refractivity contribution in [3.8, 4) is 0 Å². The highest BCUT2D eigenvalue weighted by Gasteiger charge is 2.40. The second-order valence-electron chi connectivity index (χ2n) is 9.63. The maximum absolute atomic E-state index is 13.5. The van der Waals surface area contributed by atoms with Crippen LogP contribution in [0.1, 0.15) is 72.5 Å². The standard InChI is InChI=1S/C30H36N4O4S/c1-4-6-8-27-31-19-25(34(27)20-22-9-11-24(12-10-22)29(36)38-3)18-26-28(35)33(15-7-5-2)30(37)32(26)16-13-23-14-17-39-21-23/h9-12,14,17-19,21H,4-8,13,15-16,20H2,1-3H3/b26-18-. The Bertz CT molecular complexity index is 1310. The molecule has 0 unspecified atom stereocenters. The highest BCUT2D eigenvalue weighted by Crippen LogP contribution is 2.26. The van der Waals surface area contributed by atoms with E-state index in [-0.39, 0.29) is 17.9 Å². The minimum atomic E-state index is -0.377. The third kappa shape index (κ3) is 6.65. The Morgan fingerprint density at radius 3 is 2.41 bits per heavy atom. The van der Waals surface area contributed by atoms with Crippen LogP contribution in [0.5, 0.6) is 0 Å². The van der Waals surface area contributed by atoms with Gasteiger partial charge in [0.15, 0.2) is 0 Å². The summed E-state index contributed by atoms with van der Waals surface area (Å²) >= 11 is 1.62. The van der Waals surface area contributed by atoms with Crippen molar-refractivity contribution < 1.29 is 19.1 Å². The smallest absolute Gasteiger partial charge is 0.337 e. The van der Waals surface area contributed by atoms with Crippen LogP contribution in [0.4, 0.5) is 4.79 Å². The Morgan fingerprint density at radius 2 is 1.74 bits per heavy atom. The van der Waals surface area contributed by atoms with Crippen molar-refractivity contribution in [3.63, 3.8) is 0 Å². The number of benzene rings is 1. The van der Waals surface area contributed by atoms with E-state index in [1.165, 1.54) is 12.0 Å². The van der Waals surface area contributed by atoms with E-state index in [1.807, 2.05) is 36.6 Å². The van der Waals surface area contributed by atoms with Crippen LogP contribution in [0.25, 0.3) is 6.08 Å². The first-order chi connectivity index (χ1) is 19.0. The number of imidazole rings is 1. The lowest BCUT2D eigenvalue weighted by Crippen LogP contribution is -2.34. The molecule has 0 spiro atoms. The molecule has 1 aromatic carbocycles. The summed E-state index contributed by atoms with van der Waals surface area (Å²) in [6, 6.07) is 9.09. The number of methoxy groups -OCH3 is 1.